The van der Waals surface area contributed by atoms with Gasteiger partial charge in [0.1, 0.15) is 6.10 Å². The van der Waals surface area contributed by atoms with Crippen LogP contribution in [0.5, 0.6) is 0 Å². The van der Waals surface area contributed by atoms with Crippen LogP contribution in [0, 0.1) is 15.4 Å². The van der Waals surface area contributed by atoms with E-state index in [2.05, 4.69) is 16.6 Å². The number of esters is 1. The molecule has 0 aliphatic heterocycles. The molecule has 0 saturated carbocycles. The first-order valence-corrected chi connectivity index (χ1v) is 7.67. The second kappa shape index (κ2) is 8.34. The van der Waals surface area contributed by atoms with Crippen LogP contribution in [0.3, 0.4) is 0 Å². The lowest BCUT2D eigenvalue weighted by Gasteiger charge is -2.14. The highest BCUT2D eigenvalue weighted by atomic mass is 127. The Morgan fingerprint density at radius 2 is 2.04 bits per heavy atom. The van der Waals surface area contributed by atoms with Crippen molar-refractivity contribution in [3.8, 4) is 11.8 Å². The molecule has 1 rings (SSSR count). The van der Waals surface area contributed by atoms with Crippen molar-refractivity contribution in [2.75, 3.05) is 12.4 Å². The topological polar surface area (TPSA) is 75.6 Å². The van der Waals surface area contributed by atoms with Crippen molar-refractivity contribution < 1.29 is 32.6 Å². The predicted octanol–water partition coefficient (Wildman–Crippen LogP) is 2.70. The van der Waals surface area contributed by atoms with Gasteiger partial charge in [-0.3, -0.25) is 4.79 Å². The molecule has 1 unspecified atom stereocenters. The van der Waals surface area contributed by atoms with E-state index in [0.29, 0.717) is 9.99 Å². The Morgan fingerprint density at radius 3 is 2.54 bits per heavy atom. The average molecular weight is 455 g/mol. The molecule has 0 radical (unpaired) electrons. The zero-order valence-electron chi connectivity index (χ0n) is 12.6. The second-order valence-electron chi connectivity index (χ2n) is 4.51. The van der Waals surface area contributed by atoms with Crippen molar-refractivity contribution in [1.29, 1.82) is 0 Å². The van der Waals surface area contributed by atoms with Gasteiger partial charge in [-0.1, -0.05) is 18.8 Å². The van der Waals surface area contributed by atoms with Crippen LogP contribution in [0.2, 0.25) is 0 Å². The van der Waals surface area contributed by atoms with E-state index in [0.717, 1.165) is 7.11 Å². The van der Waals surface area contributed by atoms with Crippen molar-refractivity contribution in [1.82, 2.24) is 0 Å². The number of methoxy groups -OCH3 is 1. The molecule has 130 valence electrons. The number of anilines is 1. The number of carbonyl (C=O) groups excluding carboxylic acids is 2. The number of alkyl halides is 3. The van der Waals surface area contributed by atoms with Gasteiger partial charge in [-0.15, -0.1) is 0 Å². The van der Waals surface area contributed by atoms with E-state index in [1.807, 2.05) is 22.6 Å². The summed E-state index contributed by atoms with van der Waals surface area (Å²) >= 11 is 1.84. The normalized spacial score (nSPS) is 12.0. The Kier molecular flexibility index (Phi) is 7.04. The molecule has 24 heavy (non-hydrogen) atoms. The summed E-state index contributed by atoms with van der Waals surface area (Å²) in [6, 6.07) is 2.65. The highest BCUT2D eigenvalue weighted by Gasteiger charge is 2.39. The lowest BCUT2D eigenvalue weighted by molar-refractivity contribution is -0.167. The van der Waals surface area contributed by atoms with E-state index in [-0.39, 0.29) is 11.1 Å². The van der Waals surface area contributed by atoms with E-state index in [1.54, 1.807) is 12.2 Å². The van der Waals surface area contributed by atoms with E-state index in [4.69, 9.17) is 0 Å². The smallest absolute Gasteiger partial charge is 0.465 e. The molecule has 5 nitrogen and oxygen atoms in total. The number of hydrogen-bond donors (Lipinski definition) is 2. The summed E-state index contributed by atoms with van der Waals surface area (Å²) in [5.74, 6) is 1.75. The molecule has 0 aliphatic carbocycles. The first-order valence-electron chi connectivity index (χ1n) is 6.59. The fourth-order valence-electron chi connectivity index (χ4n) is 1.56. The summed E-state index contributed by atoms with van der Waals surface area (Å²) in [4.78, 5) is 23.0. The summed E-state index contributed by atoms with van der Waals surface area (Å²) in [5, 5.41) is 11.1. The fraction of sp³-hybridized carbons (Fsp3) is 0.333. The minimum Gasteiger partial charge on any atom is -0.465 e. The number of aliphatic hydroxyl groups is 1. The molecule has 9 heteroatoms. The number of amides is 1. The lowest BCUT2D eigenvalue weighted by Crippen LogP contribution is -2.31. The molecule has 0 heterocycles. The van der Waals surface area contributed by atoms with Gasteiger partial charge in [0.15, 0.2) is 0 Å². The Morgan fingerprint density at radius 1 is 1.42 bits per heavy atom. The van der Waals surface area contributed by atoms with Crippen LogP contribution in [0.25, 0.3) is 0 Å². The highest BCUT2D eigenvalue weighted by Crippen LogP contribution is 2.27. The molecular weight excluding hydrogens is 442 g/mol. The number of benzene rings is 1. The van der Waals surface area contributed by atoms with Crippen LogP contribution in [0.1, 0.15) is 29.3 Å². The number of nitrogens with one attached hydrogen (secondary N) is 1. The maximum Gasteiger partial charge on any atom is 0.471 e. The minimum atomic E-state index is -5.13. The number of carbonyl (C=O) groups is 2. The van der Waals surface area contributed by atoms with Crippen LogP contribution in [-0.4, -0.2) is 36.4 Å². The van der Waals surface area contributed by atoms with E-state index in [1.165, 1.54) is 12.1 Å². The van der Waals surface area contributed by atoms with Crippen LogP contribution in [0.15, 0.2) is 12.1 Å². The molecule has 0 saturated heterocycles. The fourth-order valence-corrected chi connectivity index (χ4v) is 2.18. The summed E-state index contributed by atoms with van der Waals surface area (Å²) in [5.41, 5.74) is -0.718. The van der Waals surface area contributed by atoms with Crippen LogP contribution in [0.4, 0.5) is 18.9 Å². The monoisotopic (exact) mass is 455 g/mol. The third kappa shape index (κ3) is 5.38. The zero-order valence-corrected chi connectivity index (χ0v) is 14.8. The summed E-state index contributed by atoms with van der Waals surface area (Å²) in [7, 11) is 1.06. The van der Waals surface area contributed by atoms with Crippen LogP contribution >= 0.6 is 22.6 Å². The Labute approximate surface area is 149 Å². The number of aliphatic hydroxyl groups excluding tert-OH is 1. The largest absolute Gasteiger partial charge is 0.471 e. The molecule has 1 aromatic rings. The predicted molar refractivity (Wildman–Crippen MR) is 88.4 cm³/mol. The highest BCUT2D eigenvalue weighted by molar-refractivity contribution is 14.1. The van der Waals surface area contributed by atoms with Gasteiger partial charge in [0.25, 0.3) is 0 Å². The Balaban J connectivity index is 3.49. The van der Waals surface area contributed by atoms with Crippen molar-refractivity contribution in [2.24, 2.45) is 0 Å². The molecule has 1 atom stereocenters. The quantitative estimate of drug-likeness (QED) is 0.418. The standard InChI is InChI=1S/C15H13F3INO4/c1-3-10(21)5-4-8-6-9(19)7-11(13(22)24-2)12(8)20-14(23)15(16,17)18/h6-7,10,21H,3H2,1-2H3,(H,20,23). The first kappa shape index (κ1) is 20.2. The second-order valence-corrected chi connectivity index (χ2v) is 5.76. The maximum absolute atomic E-state index is 12.5. The molecule has 0 aliphatic rings. The number of rotatable bonds is 3. The van der Waals surface area contributed by atoms with E-state index in [9.17, 15) is 27.9 Å². The maximum atomic E-state index is 12.5. The summed E-state index contributed by atoms with van der Waals surface area (Å²) in [6.45, 7) is 1.67. The molecular formula is C15H13F3INO4. The third-order valence-electron chi connectivity index (χ3n) is 2.76. The number of hydrogen-bond acceptors (Lipinski definition) is 4. The van der Waals surface area contributed by atoms with Crippen molar-refractivity contribution in [2.45, 2.75) is 25.6 Å². The van der Waals surface area contributed by atoms with Crippen LogP contribution < -0.4 is 5.32 Å². The van der Waals surface area contributed by atoms with E-state index >= 15 is 0 Å². The van der Waals surface area contributed by atoms with Gasteiger partial charge in [-0.25, -0.2) is 4.79 Å². The van der Waals surface area contributed by atoms with Gasteiger partial charge >= 0.3 is 18.1 Å². The van der Waals surface area contributed by atoms with Crippen molar-refractivity contribution in [3.05, 3.63) is 26.8 Å². The van der Waals surface area contributed by atoms with Gasteiger partial charge in [0.2, 0.25) is 0 Å². The van der Waals surface area contributed by atoms with Crippen molar-refractivity contribution in [3.63, 3.8) is 0 Å². The molecule has 1 amide bonds. The van der Waals surface area contributed by atoms with Gasteiger partial charge in [0.05, 0.1) is 23.9 Å². The van der Waals surface area contributed by atoms with Gasteiger partial charge in [0, 0.05) is 3.57 Å². The average Bonchev–Trinajstić information content (AvgIpc) is 2.52. The first-order chi connectivity index (χ1) is 11.1. The molecule has 2 N–H and O–H groups in total. The van der Waals surface area contributed by atoms with Gasteiger partial charge < -0.3 is 15.2 Å². The number of ether oxygens (including phenoxy) is 1. The van der Waals surface area contributed by atoms with Gasteiger partial charge in [-0.05, 0) is 41.1 Å². The van der Waals surface area contributed by atoms with Crippen LogP contribution in [-0.2, 0) is 9.53 Å². The molecule has 1 aromatic carbocycles. The molecule has 0 spiro atoms. The molecule has 0 fully saturated rings. The molecule has 0 bridgehead atoms. The summed E-state index contributed by atoms with van der Waals surface area (Å²) in [6.07, 6.45) is -5.81. The number of halogens is 4. The zero-order chi connectivity index (χ0) is 18.5. The van der Waals surface area contributed by atoms with E-state index < -0.39 is 29.8 Å². The third-order valence-corrected chi connectivity index (χ3v) is 3.39. The lowest BCUT2D eigenvalue weighted by atomic mass is 10.1. The summed E-state index contributed by atoms with van der Waals surface area (Å²) < 4.78 is 42.6. The van der Waals surface area contributed by atoms with Crippen molar-refractivity contribution >= 4 is 40.2 Å². The van der Waals surface area contributed by atoms with Gasteiger partial charge in [-0.2, -0.15) is 13.2 Å². The minimum absolute atomic E-state index is 0.0348. The molecule has 0 aromatic heterocycles. The SMILES string of the molecule is CCC(O)C#Cc1cc(I)cc(C(=O)OC)c1NC(=O)C(F)(F)F. The Hall–Kier alpha value is -1.80. The Bertz CT molecular complexity index is 707.